The summed E-state index contributed by atoms with van der Waals surface area (Å²) >= 11 is 0. The minimum Gasteiger partial charge on any atom is -0.504 e. The van der Waals surface area contributed by atoms with E-state index in [-0.39, 0.29) is 5.56 Å². The minimum atomic E-state index is -4.83. The highest BCUT2D eigenvalue weighted by atomic mass is 19.4. The Labute approximate surface area is 97.0 Å². The Morgan fingerprint density at radius 2 is 2.06 bits per heavy atom. The largest absolute Gasteiger partial charge is 0.573 e. The summed E-state index contributed by atoms with van der Waals surface area (Å²) in [5.41, 5.74) is 6.00. The lowest BCUT2D eigenvalue weighted by Gasteiger charge is -2.16. The van der Waals surface area contributed by atoms with Crippen molar-refractivity contribution in [2.45, 2.75) is 32.2 Å². The van der Waals surface area contributed by atoms with Crippen LogP contribution in [0.5, 0.6) is 11.5 Å². The van der Waals surface area contributed by atoms with E-state index in [1.54, 1.807) is 0 Å². The van der Waals surface area contributed by atoms with Gasteiger partial charge in [-0.2, -0.15) is 0 Å². The molecule has 1 aromatic rings. The molecule has 0 unspecified atom stereocenters. The fourth-order valence-corrected chi connectivity index (χ4v) is 1.51. The number of phenolic OH excluding ortho intramolecular Hbond substituents is 1. The van der Waals surface area contributed by atoms with Crippen molar-refractivity contribution in [1.29, 1.82) is 0 Å². The highest BCUT2D eigenvalue weighted by molar-refractivity contribution is 5.46. The SMILES string of the molecule is CCC[C@@H](N)c1cccc(OC(F)(F)F)c1O. The van der Waals surface area contributed by atoms with Crippen LogP contribution in [0.2, 0.25) is 0 Å². The minimum absolute atomic E-state index is 0.258. The summed E-state index contributed by atoms with van der Waals surface area (Å²) in [5, 5.41) is 9.64. The van der Waals surface area contributed by atoms with Gasteiger partial charge in [-0.25, -0.2) is 0 Å². The lowest BCUT2D eigenvalue weighted by Crippen LogP contribution is -2.18. The van der Waals surface area contributed by atoms with Crippen molar-refractivity contribution in [1.82, 2.24) is 0 Å². The predicted octanol–water partition coefficient (Wildman–Crippen LogP) is 3.09. The molecular weight excluding hydrogens is 235 g/mol. The summed E-state index contributed by atoms with van der Waals surface area (Å²) in [6, 6.07) is 3.40. The van der Waals surface area contributed by atoms with E-state index in [2.05, 4.69) is 4.74 Å². The van der Waals surface area contributed by atoms with Gasteiger partial charge in [-0.15, -0.1) is 13.2 Å². The molecule has 0 aliphatic carbocycles. The van der Waals surface area contributed by atoms with E-state index in [0.717, 1.165) is 12.5 Å². The van der Waals surface area contributed by atoms with Crippen LogP contribution in [-0.2, 0) is 0 Å². The lowest BCUT2D eigenvalue weighted by molar-refractivity contribution is -0.275. The van der Waals surface area contributed by atoms with Gasteiger partial charge in [0.25, 0.3) is 0 Å². The number of rotatable bonds is 4. The molecule has 6 heteroatoms. The summed E-state index contributed by atoms with van der Waals surface area (Å²) in [4.78, 5) is 0. The normalized spacial score (nSPS) is 13.5. The molecule has 17 heavy (non-hydrogen) atoms. The molecule has 3 N–H and O–H groups in total. The number of phenols is 1. The van der Waals surface area contributed by atoms with E-state index in [1.165, 1.54) is 12.1 Å². The highest BCUT2D eigenvalue weighted by Gasteiger charge is 2.32. The van der Waals surface area contributed by atoms with Crippen LogP contribution in [0.3, 0.4) is 0 Å². The second kappa shape index (κ2) is 5.27. The van der Waals surface area contributed by atoms with E-state index >= 15 is 0 Å². The highest BCUT2D eigenvalue weighted by Crippen LogP contribution is 2.37. The van der Waals surface area contributed by atoms with E-state index < -0.39 is 23.9 Å². The van der Waals surface area contributed by atoms with Gasteiger partial charge in [0, 0.05) is 11.6 Å². The summed E-state index contributed by atoms with van der Waals surface area (Å²) < 4.78 is 39.8. The van der Waals surface area contributed by atoms with Gasteiger partial charge >= 0.3 is 6.36 Å². The Balaban J connectivity index is 2.99. The second-order valence-electron chi connectivity index (χ2n) is 3.64. The van der Waals surface area contributed by atoms with Gasteiger partial charge in [0.1, 0.15) is 0 Å². The number of aromatic hydroxyl groups is 1. The van der Waals surface area contributed by atoms with Crippen molar-refractivity contribution in [3.63, 3.8) is 0 Å². The van der Waals surface area contributed by atoms with Gasteiger partial charge in [-0.05, 0) is 12.5 Å². The maximum Gasteiger partial charge on any atom is 0.573 e. The van der Waals surface area contributed by atoms with Crippen LogP contribution >= 0.6 is 0 Å². The Bertz CT molecular complexity index is 379. The predicted molar refractivity (Wildman–Crippen MR) is 56.6 cm³/mol. The van der Waals surface area contributed by atoms with E-state index in [4.69, 9.17) is 5.73 Å². The zero-order valence-corrected chi connectivity index (χ0v) is 9.29. The van der Waals surface area contributed by atoms with Crippen molar-refractivity contribution in [2.75, 3.05) is 0 Å². The van der Waals surface area contributed by atoms with Gasteiger partial charge in [0.2, 0.25) is 0 Å². The number of alkyl halides is 3. The van der Waals surface area contributed by atoms with Gasteiger partial charge in [0.05, 0.1) is 0 Å². The standard InChI is InChI=1S/C11H14F3NO2/c1-2-4-8(15)7-5-3-6-9(10(7)16)17-11(12,13)14/h3,5-6,8,16H,2,4,15H2,1H3/t8-/m1/s1. The van der Waals surface area contributed by atoms with Crippen LogP contribution in [0.15, 0.2) is 18.2 Å². The first-order chi connectivity index (χ1) is 7.85. The number of hydrogen-bond donors (Lipinski definition) is 2. The molecule has 1 atom stereocenters. The molecule has 0 heterocycles. The van der Waals surface area contributed by atoms with E-state index in [1.807, 2.05) is 6.92 Å². The molecular formula is C11H14F3NO2. The van der Waals surface area contributed by atoms with Gasteiger partial charge in [-0.1, -0.05) is 25.5 Å². The molecule has 3 nitrogen and oxygen atoms in total. The van der Waals surface area contributed by atoms with Crippen molar-refractivity contribution < 1.29 is 23.0 Å². The molecule has 0 fully saturated rings. The summed E-state index contributed by atoms with van der Waals surface area (Å²) in [6.07, 6.45) is -3.49. The average molecular weight is 249 g/mol. The van der Waals surface area contributed by atoms with Gasteiger partial charge < -0.3 is 15.6 Å². The number of nitrogens with two attached hydrogens (primary N) is 1. The Kier molecular flexibility index (Phi) is 4.22. The third-order valence-corrected chi connectivity index (χ3v) is 2.26. The Morgan fingerprint density at radius 3 is 2.59 bits per heavy atom. The lowest BCUT2D eigenvalue weighted by atomic mass is 10.0. The molecule has 0 spiro atoms. The van der Waals surface area contributed by atoms with Crippen LogP contribution in [0, 0.1) is 0 Å². The number of ether oxygens (including phenoxy) is 1. The van der Waals surface area contributed by atoms with Gasteiger partial charge in [-0.3, -0.25) is 0 Å². The smallest absolute Gasteiger partial charge is 0.504 e. The molecule has 0 aromatic heterocycles. The van der Waals surface area contributed by atoms with Crippen LogP contribution in [-0.4, -0.2) is 11.5 Å². The number of hydrogen-bond acceptors (Lipinski definition) is 3. The topological polar surface area (TPSA) is 55.5 Å². The maximum absolute atomic E-state index is 12.0. The molecule has 0 radical (unpaired) electrons. The van der Waals surface area contributed by atoms with Crippen LogP contribution in [0.1, 0.15) is 31.4 Å². The molecule has 1 rings (SSSR count). The van der Waals surface area contributed by atoms with Gasteiger partial charge in [0.15, 0.2) is 11.5 Å². The van der Waals surface area contributed by atoms with Crippen molar-refractivity contribution in [3.05, 3.63) is 23.8 Å². The first kappa shape index (κ1) is 13.6. The monoisotopic (exact) mass is 249 g/mol. The summed E-state index contributed by atoms with van der Waals surface area (Å²) in [7, 11) is 0. The zero-order chi connectivity index (χ0) is 13.1. The first-order valence-electron chi connectivity index (χ1n) is 5.18. The molecule has 96 valence electrons. The summed E-state index contributed by atoms with van der Waals surface area (Å²) in [5.74, 6) is -1.17. The maximum atomic E-state index is 12.0. The fourth-order valence-electron chi connectivity index (χ4n) is 1.51. The van der Waals surface area contributed by atoms with Crippen LogP contribution < -0.4 is 10.5 Å². The molecule has 1 aromatic carbocycles. The molecule has 0 aliphatic heterocycles. The zero-order valence-electron chi connectivity index (χ0n) is 9.29. The molecule has 0 aliphatic rings. The van der Waals surface area contributed by atoms with Crippen molar-refractivity contribution >= 4 is 0 Å². The first-order valence-corrected chi connectivity index (χ1v) is 5.18. The molecule has 0 bridgehead atoms. The van der Waals surface area contributed by atoms with Crippen LogP contribution in [0.4, 0.5) is 13.2 Å². The Morgan fingerprint density at radius 1 is 1.41 bits per heavy atom. The fraction of sp³-hybridized carbons (Fsp3) is 0.455. The second-order valence-corrected chi connectivity index (χ2v) is 3.64. The number of benzene rings is 1. The van der Waals surface area contributed by atoms with Crippen LogP contribution in [0.25, 0.3) is 0 Å². The van der Waals surface area contributed by atoms with Crippen molar-refractivity contribution in [3.8, 4) is 11.5 Å². The number of para-hydroxylation sites is 1. The summed E-state index contributed by atoms with van der Waals surface area (Å²) in [6.45, 7) is 1.90. The third-order valence-electron chi connectivity index (χ3n) is 2.26. The quantitative estimate of drug-likeness (QED) is 0.862. The Hall–Kier alpha value is -1.43. The van der Waals surface area contributed by atoms with E-state index in [0.29, 0.717) is 6.42 Å². The average Bonchev–Trinajstić information content (AvgIpc) is 2.19. The molecule has 0 amide bonds. The molecule has 0 saturated carbocycles. The molecule has 0 saturated heterocycles. The van der Waals surface area contributed by atoms with E-state index in [9.17, 15) is 18.3 Å². The van der Waals surface area contributed by atoms with Crippen molar-refractivity contribution in [2.24, 2.45) is 5.73 Å². The number of halogens is 3. The third kappa shape index (κ3) is 3.81.